The fraction of sp³-hybridized carbons (Fsp3) is 0.419. The molecule has 0 saturated carbocycles. The number of rotatable bonds is 9. The van der Waals surface area contributed by atoms with Crippen molar-refractivity contribution in [3.05, 3.63) is 86.6 Å². The number of halogens is 1. The summed E-state index contributed by atoms with van der Waals surface area (Å²) < 4.78 is 12.0. The highest BCUT2D eigenvalue weighted by molar-refractivity contribution is 7.10. The van der Waals surface area contributed by atoms with E-state index in [1.54, 1.807) is 40.5 Å². The first kappa shape index (κ1) is 27.7. The van der Waals surface area contributed by atoms with Crippen LogP contribution < -0.4 is 4.74 Å². The number of nitrogens with zero attached hydrogens (tertiary/aromatic N) is 2. The summed E-state index contributed by atoms with van der Waals surface area (Å²) in [4.78, 5) is 32.2. The zero-order valence-corrected chi connectivity index (χ0v) is 24.0. The molecule has 0 aliphatic carbocycles. The lowest BCUT2D eigenvalue weighted by Crippen LogP contribution is -2.49. The number of hydrogen-bond acceptors (Lipinski definition) is 5. The predicted molar refractivity (Wildman–Crippen MR) is 155 cm³/mol. The monoisotopic (exact) mass is 566 g/mol. The van der Waals surface area contributed by atoms with Crippen LogP contribution in [-0.2, 0) is 16.0 Å². The maximum absolute atomic E-state index is 13.9. The maximum atomic E-state index is 13.9. The van der Waals surface area contributed by atoms with Crippen LogP contribution in [0.15, 0.2) is 60.0 Å². The molecule has 1 fully saturated rings. The Morgan fingerprint density at radius 2 is 2.00 bits per heavy atom. The number of hydrogen-bond donors (Lipinski definition) is 0. The lowest BCUT2D eigenvalue weighted by molar-refractivity contribution is -0.135. The molecule has 8 heteroatoms. The number of fused-ring (bicyclic) bond motifs is 1. The Bertz CT molecular complexity index is 1290. The van der Waals surface area contributed by atoms with Gasteiger partial charge < -0.3 is 19.3 Å². The number of carbonyl (C=O) groups is 2. The van der Waals surface area contributed by atoms with E-state index in [0.29, 0.717) is 42.8 Å². The molecule has 2 atom stereocenters. The Hall–Kier alpha value is -2.87. The van der Waals surface area contributed by atoms with E-state index in [-0.39, 0.29) is 30.5 Å². The summed E-state index contributed by atoms with van der Waals surface area (Å²) in [6.07, 6.45) is 2.56. The second-order valence-electron chi connectivity index (χ2n) is 10.5. The molecule has 5 rings (SSSR count). The molecule has 2 aliphatic heterocycles. The molecular weight excluding hydrogens is 532 g/mol. The summed E-state index contributed by atoms with van der Waals surface area (Å²) >= 11 is 7.89. The third-order valence-corrected chi connectivity index (χ3v) is 8.73. The Morgan fingerprint density at radius 3 is 2.72 bits per heavy atom. The molecule has 2 aliphatic rings. The van der Waals surface area contributed by atoms with Gasteiger partial charge in [-0.15, -0.1) is 11.3 Å². The van der Waals surface area contributed by atoms with Crippen LogP contribution in [0, 0.1) is 0 Å². The molecular formula is C31H35ClN2O4S. The number of carbonyl (C=O) groups excluding carboxylic acids is 2. The van der Waals surface area contributed by atoms with Crippen molar-refractivity contribution in [3.63, 3.8) is 0 Å². The van der Waals surface area contributed by atoms with E-state index in [4.69, 9.17) is 21.1 Å². The minimum atomic E-state index is -0.219. The highest BCUT2D eigenvalue weighted by atomic mass is 35.5. The average molecular weight is 567 g/mol. The molecule has 0 spiro atoms. The minimum Gasteiger partial charge on any atom is -0.491 e. The van der Waals surface area contributed by atoms with E-state index >= 15 is 0 Å². The first-order valence-electron chi connectivity index (χ1n) is 13.6. The molecule has 3 aromatic rings. The fourth-order valence-electron chi connectivity index (χ4n) is 5.31. The summed E-state index contributed by atoms with van der Waals surface area (Å²) in [7, 11) is 0. The van der Waals surface area contributed by atoms with Crippen molar-refractivity contribution in [3.8, 4) is 5.75 Å². The Morgan fingerprint density at radius 1 is 1.18 bits per heavy atom. The zero-order valence-electron chi connectivity index (χ0n) is 22.5. The van der Waals surface area contributed by atoms with E-state index in [1.807, 2.05) is 17.0 Å². The SMILES string of the molecule is CC(C)c1ccc(OC[C@H]2c3ccsc3CCN2C(=O)CN(C[C@@H]2CCCO2)C(=O)c2cccc(Cl)c2)cc1. The van der Waals surface area contributed by atoms with Gasteiger partial charge in [0.05, 0.1) is 12.1 Å². The number of benzene rings is 2. The van der Waals surface area contributed by atoms with Gasteiger partial charge in [0, 0.05) is 35.2 Å². The van der Waals surface area contributed by atoms with Gasteiger partial charge in [0.2, 0.25) is 5.91 Å². The highest BCUT2D eigenvalue weighted by Gasteiger charge is 2.34. The Labute approximate surface area is 239 Å². The molecule has 3 heterocycles. The van der Waals surface area contributed by atoms with Gasteiger partial charge in [-0.1, -0.05) is 43.6 Å². The summed E-state index contributed by atoms with van der Waals surface area (Å²) in [5.74, 6) is 0.924. The molecule has 0 radical (unpaired) electrons. The standard InChI is InChI=1S/C31H35ClN2O4S/c1-21(2)22-8-10-25(11-9-22)38-20-28-27-13-16-39-29(27)12-14-34(28)30(35)19-33(18-26-7-4-15-37-26)31(36)23-5-3-6-24(32)17-23/h3,5-6,8-11,13,16-17,21,26,28H,4,7,12,14-15,18-20H2,1-2H3/t26-,28-/m0/s1. The third kappa shape index (κ3) is 6.65. The Balaban J connectivity index is 1.34. The zero-order chi connectivity index (χ0) is 27.4. The van der Waals surface area contributed by atoms with Crippen molar-refractivity contribution < 1.29 is 19.1 Å². The van der Waals surface area contributed by atoms with Crippen LogP contribution in [0.3, 0.4) is 0 Å². The lowest BCUT2D eigenvalue weighted by atomic mass is 10.00. The number of ether oxygens (including phenoxy) is 2. The van der Waals surface area contributed by atoms with Gasteiger partial charge in [-0.2, -0.15) is 0 Å². The average Bonchev–Trinajstić information content (AvgIpc) is 3.63. The summed E-state index contributed by atoms with van der Waals surface area (Å²) in [5.41, 5.74) is 2.86. The summed E-state index contributed by atoms with van der Waals surface area (Å²) in [6.45, 7) is 6.30. The van der Waals surface area contributed by atoms with Crippen molar-refractivity contribution in [1.29, 1.82) is 0 Å². The van der Waals surface area contributed by atoms with Crippen molar-refractivity contribution in [2.24, 2.45) is 0 Å². The quantitative estimate of drug-likeness (QED) is 0.303. The molecule has 206 valence electrons. The third-order valence-electron chi connectivity index (χ3n) is 7.50. The first-order valence-corrected chi connectivity index (χ1v) is 14.9. The maximum Gasteiger partial charge on any atom is 0.254 e. The summed E-state index contributed by atoms with van der Waals surface area (Å²) in [6, 6.07) is 16.9. The van der Waals surface area contributed by atoms with Gasteiger partial charge in [-0.05, 0) is 78.1 Å². The number of amides is 2. The predicted octanol–water partition coefficient (Wildman–Crippen LogP) is 6.35. The van der Waals surface area contributed by atoms with Gasteiger partial charge in [0.15, 0.2) is 0 Å². The van der Waals surface area contributed by atoms with Crippen molar-refractivity contribution >= 4 is 34.8 Å². The molecule has 0 N–H and O–H groups in total. The molecule has 39 heavy (non-hydrogen) atoms. The van der Waals surface area contributed by atoms with E-state index < -0.39 is 0 Å². The van der Waals surface area contributed by atoms with Gasteiger partial charge in [-0.3, -0.25) is 9.59 Å². The van der Waals surface area contributed by atoms with Crippen LogP contribution in [0.5, 0.6) is 5.75 Å². The number of thiophene rings is 1. The van der Waals surface area contributed by atoms with E-state index in [0.717, 1.165) is 30.6 Å². The van der Waals surface area contributed by atoms with Gasteiger partial charge >= 0.3 is 0 Å². The van der Waals surface area contributed by atoms with Crippen LogP contribution in [0.1, 0.15) is 65.0 Å². The van der Waals surface area contributed by atoms with Crippen LogP contribution in [0.25, 0.3) is 0 Å². The van der Waals surface area contributed by atoms with Crippen LogP contribution in [-0.4, -0.2) is 60.6 Å². The second kappa shape index (κ2) is 12.5. The first-order chi connectivity index (χ1) is 18.9. The molecule has 0 bridgehead atoms. The molecule has 2 aromatic carbocycles. The van der Waals surface area contributed by atoms with Crippen molar-refractivity contribution in [2.45, 2.75) is 51.2 Å². The van der Waals surface area contributed by atoms with E-state index in [9.17, 15) is 9.59 Å². The normalized spacial score (nSPS) is 18.7. The summed E-state index contributed by atoms with van der Waals surface area (Å²) in [5, 5.41) is 2.57. The largest absolute Gasteiger partial charge is 0.491 e. The molecule has 6 nitrogen and oxygen atoms in total. The molecule has 1 aromatic heterocycles. The van der Waals surface area contributed by atoms with Gasteiger partial charge in [0.25, 0.3) is 5.91 Å². The minimum absolute atomic E-state index is 0.0235. The van der Waals surface area contributed by atoms with Crippen molar-refractivity contribution in [1.82, 2.24) is 9.80 Å². The fourth-order valence-corrected chi connectivity index (χ4v) is 6.43. The molecule has 2 amide bonds. The van der Waals surface area contributed by atoms with E-state index in [2.05, 4.69) is 37.4 Å². The van der Waals surface area contributed by atoms with Crippen LogP contribution >= 0.6 is 22.9 Å². The smallest absolute Gasteiger partial charge is 0.254 e. The lowest BCUT2D eigenvalue weighted by Gasteiger charge is -2.37. The van der Waals surface area contributed by atoms with E-state index in [1.165, 1.54) is 10.4 Å². The highest BCUT2D eigenvalue weighted by Crippen LogP contribution is 2.34. The van der Waals surface area contributed by atoms with Crippen LogP contribution in [0.4, 0.5) is 0 Å². The topological polar surface area (TPSA) is 59.1 Å². The Kier molecular flexibility index (Phi) is 8.90. The molecule has 0 unspecified atom stereocenters. The van der Waals surface area contributed by atoms with Gasteiger partial charge in [-0.25, -0.2) is 0 Å². The van der Waals surface area contributed by atoms with Gasteiger partial charge in [0.1, 0.15) is 18.9 Å². The van der Waals surface area contributed by atoms with Crippen LogP contribution in [0.2, 0.25) is 5.02 Å². The van der Waals surface area contributed by atoms with Crippen molar-refractivity contribution in [2.75, 3.05) is 32.8 Å². The molecule has 1 saturated heterocycles. The second-order valence-corrected chi connectivity index (χ2v) is 12.0.